The van der Waals surface area contributed by atoms with E-state index in [2.05, 4.69) is 32.6 Å². The Bertz CT molecular complexity index is 1140. The van der Waals surface area contributed by atoms with Gasteiger partial charge in [-0.1, -0.05) is 6.92 Å². The van der Waals surface area contributed by atoms with Crippen molar-refractivity contribution in [2.75, 3.05) is 6.54 Å². The fourth-order valence-electron chi connectivity index (χ4n) is 3.67. The highest BCUT2D eigenvalue weighted by molar-refractivity contribution is 5.91. The minimum absolute atomic E-state index is 0.382. The number of hydrogen-bond donors (Lipinski definition) is 4. The molecule has 0 bridgehead atoms. The Hall–Kier alpha value is -3.26. The summed E-state index contributed by atoms with van der Waals surface area (Å²) < 4.78 is 6.56. The average Bonchev–Trinajstić information content (AvgIpc) is 3.13. The third-order valence-corrected chi connectivity index (χ3v) is 5.00. The summed E-state index contributed by atoms with van der Waals surface area (Å²) in [6.07, 6.45) is -1.27. The zero-order valence-corrected chi connectivity index (χ0v) is 14.9. The lowest BCUT2D eigenvalue weighted by Crippen LogP contribution is -2.16. The van der Waals surface area contributed by atoms with Crippen LogP contribution < -0.4 is 15.6 Å². The van der Waals surface area contributed by atoms with E-state index in [1.165, 1.54) is 0 Å². The summed E-state index contributed by atoms with van der Waals surface area (Å²) in [7, 11) is 2.00. The number of aromatic hydroxyl groups is 1. The number of fused-ring (bicyclic) bond motifs is 4. The number of hydrogen-bond acceptors (Lipinski definition) is 5. The van der Waals surface area contributed by atoms with Gasteiger partial charge in [-0.25, -0.2) is 4.79 Å². The van der Waals surface area contributed by atoms with Crippen molar-refractivity contribution < 1.29 is 19.7 Å². The first-order valence-electron chi connectivity index (χ1n) is 8.62. The SMILES string of the molecule is CCNCc1cc2cc3c(cc2n1C)Cc1c-3[nH]c(=O)c(OC(=O)O)c1O. The molecule has 0 saturated carbocycles. The summed E-state index contributed by atoms with van der Waals surface area (Å²) in [6.45, 7) is 3.70. The zero-order valence-electron chi connectivity index (χ0n) is 14.9. The topological polar surface area (TPSA) is 117 Å². The van der Waals surface area contributed by atoms with Crippen molar-refractivity contribution in [3.05, 3.63) is 45.4 Å². The fraction of sp³-hybridized carbons (Fsp3) is 0.263. The molecule has 0 amide bonds. The van der Waals surface area contributed by atoms with Gasteiger partial charge in [0.05, 0.1) is 5.69 Å². The molecule has 1 aromatic carbocycles. The van der Waals surface area contributed by atoms with Crippen LogP contribution in [0.3, 0.4) is 0 Å². The maximum atomic E-state index is 12.2. The van der Waals surface area contributed by atoms with Gasteiger partial charge in [0.25, 0.3) is 5.56 Å². The van der Waals surface area contributed by atoms with E-state index in [4.69, 9.17) is 5.11 Å². The molecule has 2 heterocycles. The van der Waals surface area contributed by atoms with E-state index in [0.29, 0.717) is 17.7 Å². The van der Waals surface area contributed by atoms with Crippen molar-refractivity contribution in [2.45, 2.75) is 19.9 Å². The molecule has 4 N–H and O–H groups in total. The Labute approximate surface area is 154 Å². The van der Waals surface area contributed by atoms with Crippen molar-refractivity contribution in [1.82, 2.24) is 14.9 Å². The number of nitrogens with zero attached hydrogens (tertiary/aromatic N) is 1. The van der Waals surface area contributed by atoms with E-state index < -0.39 is 23.2 Å². The molecule has 3 aromatic rings. The average molecular weight is 369 g/mol. The summed E-state index contributed by atoms with van der Waals surface area (Å²) in [6, 6.07) is 6.12. The molecule has 0 unspecified atom stereocenters. The van der Waals surface area contributed by atoms with Gasteiger partial charge in [0.2, 0.25) is 5.75 Å². The van der Waals surface area contributed by atoms with Crippen LogP contribution in [-0.2, 0) is 20.0 Å². The zero-order chi connectivity index (χ0) is 19.3. The molecule has 8 nitrogen and oxygen atoms in total. The molecule has 0 spiro atoms. The highest BCUT2D eigenvalue weighted by Gasteiger charge is 2.28. The van der Waals surface area contributed by atoms with Crippen LogP contribution in [0.15, 0.2) is 23.0 Å². The second-order valence-corrected chi connectivity index (χ2v) is 6.57. The Kier molecular flexibility index (Phi) is 3.92. The molecule has 2 aromatic heterocycles. The molecule has 27 heavy (non-hydrogen) atoms. The summed E-state index contributed by atoms with van der Waals surface area (Å²) >= 11 is 0. The Balaban J connectivity index is 1.85. The smallest absolute Gasteiger partial charge is 0.504 e. The van der Waals surface area contributed by atoms with Crippen molar-refractivity contribution in [2.24, 2.45) is 7.05 Å². The van der Waals surface area contributed by atoms with E-state index in [0.717, 1.165) is 40.8 Å². The first-order valence-corrected chi connectivity index (χ1v) is 8.62. The lowest BCUT2D eigenvalue weighted by atomic mass is 10.1. The van der Waals surface area contributed by atoms with Crippen LogP contribution >= 0.6 is 0 Å². The van der Waals surface area contributed by atoms with Gasteiger partial charge in [-0.3, -0.25) is 4.79 Å². The fourth-order valence-corrected chi connectivity index (χ4v) is 3.67. The second-order valence-electron chi connectivity index (χ2n) is 6.57. The monoisotopic (exact) mass is 369 g/mol. The number of aromatic nitrogens is 2. The highest BCUT2D eigenvalue weighted by atomic mass is 16.7. The van der Waals surface area contributed by atoms with E-state index in [-0.39, 0.29) is 0 Å². The number of H-pyrrole nitrogens is 1. The van der Waals surface area contributed by atoms with Gasteiger partial charge in [0, 0.05) is 47.7 Å². The first kappa shape index (κ1) is 17.2. The number of aromatic amines is 1. The van der Waals surface area contributed by atoms with Gasteiger partial charge in [0.15, 0.2) is 5.75 Å². The molecule has 4 rings (SSSR count). The summed E-state index contributed by atoms with van der Waals surface area (Å²) in [5.41, 5.74) is 4.17. The number of carbonyl (C=O) groups is 1. The van der Waals surface area contributed by atoms with Crippen molar-refractivity contribution >= 4 is 17.1 Å². The lowest BCUT2D eigenvalue weighted by Gasteiger charge is -2.07. The number of ether oxygens (including phenoxy) is 1. The second kappa shape index (κ2) is 6.17. The predicted molar refractivity (Wildman–Crippen MR) is 99.5 cm³/mol. The number of nitrogens with one attached hydrogen (secondary N) is 2. The molecule has 0 radical (unpaired) electrons. The van der Waals surface area contributed by atoms with Gasteiger partial charge in [-0.15, -0.1) is 0 Å². The summed E-state index contributed by atoms with van der Waals surface area (Å²) in [4.78, 5) is 25.6. The maximum absolute atomic E-state index is 12.2. The van der Waals surface area contributed by atoms with E-state index in [1.54, 1.807) is 0 Å². The van der Waals surface area contributed by atoms with Crippen LogP contribution in [0.2, 0.25) is 0 Å². The van der Waals surface area contributed by atoms with Gasteiger partial charge in [0.1, 0.15) is 0 Å². The van der Waals surface area contributed by atoms with Crippen molar-refractivity contribution in [3.63, 3.8) is 0 Å². The molecule has 0 aliphatic heterocycles. The third-order valence-electron chi connectivity index (χ3n) is 5.00. The van der Waals surface area contributed by atoms with Crippen molar-refractivity contribution in [3.8, 4) is 22.8 Å². The van der Waals surface area contributed by atoms with Crippen molar-refractivity contribution in [1.29, 1.82) is 0 Å². The number of carboxylic acid groups (broad SMARTS) is 1. The molecular weight excluding hydrogens is 350 g/mol. The van der Waals surface area contributed by atoms with Crippen LogP contribution in [0.1, 0.15) is 23.7 Å². The van der Waals surface area contributed by atoms with Crippen LogP contribution in [0.25, 0.3) is 22.2 Å². The van der Waals surface area contributed by atoms with E-state index >= 15 is 0 Å². The van der Waals surface area contributed by atoms with Gasteiger partial charge in [-0.2, -0.15) is 0 Å². The molecule has 8 heteroatoms. The summed E-state index contributed by atoms with van der Waals surface area (Å²) in [5, 5.41) is 23.5. The van der Waals surface area contributed by atoms with Gasteiger partial charge < -0.3 is 29.8 Å². The Morgan fingerprint density at radius 2 is 2.15 bits per heavy atom. The van der Waals surface area contributed by atoms with Gasteiger partial charge >= 0.3 is 6.16 Å². The Morgan fingerprint density at radius 3 is 2.85 bits per heavy atom. The van der Waals surface area contributed by atoms with Crippen LogP contribution in [-0.4, -0.2) is 32.5 Å². The van der Waals surface area contributed by atoms with Crippen LogP contribution in [0.4, 0.5) is 4.79 Å². The molecule has 1 aliphatic carbocycles. The number of benzene rings is 1. The van der Waals surface area contributed by atoms with E-state index in [1.807, 2.05) is 19.2 Å². The predicted octanol–water partition coefficient (Wildman–Crippen LogP) is 2.31. The number of rotatable bonds is 4. The lowest BCUT2D eigenvalue weighted by molar-refractivity contribution is 0.142. The number of pyridine rings is 1. The largest absolute Gasteiger partial charge is 0.511 e. The number of aryl methyl sites for hydroxylation is 1. The van der Waals surface area contributed by atoms with Crippen LogP contribution in [0, 0.1) is 0 Å². The third kappa shape index (κ3) is 2.65. The first-order chi connectivity index (χ1) is 12.9. The highest BCUT2D eigenvalue weighted by Crippen LogP contribution is 2.43. The minimum Gasteiger partial charge on any atom is -0.504 e. The van der Waals surface area contributed by atoms with Gasteiger partial charge in [-0.05, 0) is 30.3 Å². The molecule has 1 aliphatic rings. The van der Waals surface area contributed by atoms with E-state index in [9.17, 15) is 14.7 Å². The molecule has 0 saturated heterocycles. The normalized spacial score (nSPS) is 12.2. The molecule has 140 valence electrons. The molecular formula is C19H19N3O5. The molecule has 0 fully saturated rings. The quantitative estimate of drug-likeness (QED) is 0.410. The maximum Gasteiger partial charge on any atom is 0.511 e. The summed E-state index contributed by atoms with van der Waals surface area (Å²) in [5.74, 6) is -1.02. The minimum atomic E-state index is -1.65. The molecule has 0 atom stereocenters. The Morgan fingerprint density at radius 1 is 1.37 bits per heavy atom. The standard InChI is InChI=1S/C19H19N3O5/c1-3-20-8-11-4-10-6-12-9(7-14(10)22(11)2)5-13-15(12)21-18(24)17(16(13)23)27-19(25)26/h4,6-7,20H,3,5,8H2,1-2H3,(H,25,26)(H2,21,23,24). The van der Waals surface area contributed by atoms with Crippen LogP contribution in [0.5, 0.6) is 11.5 Å².